The molecule has 0 aliphatic heterocycles. The Bertz CT molecular complexity index is 327. The fraction of sp³-hybridized carbons (Fsp3) is 0.500. The van der Waals surface area contributed by atoms with Gasteiger partial charge < -0.3 is 5.11 Å². The van der Waals surface area contributed by atoms with Gasteiger partial charge in [-0.2, -0.15) is 0 Å². The van der Waals surface area contributed by atoms with Gasteiger partial charge in [-0.1, -0.05) is 13.0 Å². The maximum atomic E-state index is 10.8. The third-order valence-electron chi connectivity index (χ3n) is 2.56. The van der Waals surface area contributed by atoms with Crippen LogP contribution in [0.3, 0.4) is 0 Å². The van der Waals surface area contributed by atoms with Gasteiger partial charge in [0.05, 0.1) is 6.54 Å². The number of hydrogen-bond acceptors (Lipinski definition) is 3. The van der Waals surface area contributed by atoms with E-state index >= 15 is 0 Å². The van der Waals surface area contributed by atoms with Crippen LogP contribution < -0.4 is 0 Å². The molecule has 0 fully saturated rings. The van der Waals surface area contributed by atoms with Crippen LogP contribution in [0.2, 0.25) is 0 Å². The summed E-state index contributed by atoms with van der Waals surface area (Å²) in [6.45, 7) is 4.91. The Labute approximate surface area is 95.9 Å². The molecule has 16 heavy (non-hydrogen) atoms. The van der Waals surface area contributed by atoms with Crippen molar-refractivity contribution in [2.75, 3.05) is 13.1 Å². The highest BCUT2D eigenvalue weighted by Crippen LogP contribution is 2.18. The van der Waals surface area contributed by atoms with Crippen molar-refractivity contribution < 1.29 is 9.90 Å². The predicted octanol–water partition coefficient (Wildman–Crippen LogP) is 1.94. The fourth-order valence-electron chi connectivity index (χ4n) is 1.70. The van der Waals surface area contributed by atoms with Crippen LogP contribution in [0.15, 0.2) is 24.5 Å². The van der Waals surface area contributed by atoms with Crippen LogP contribution in [0.1, 0.15) is 31.9 Å². The van der Waals surface area contributed by atoms with E-state index in [1.165, 1.54) is 0 Å². The summed E-state index contributed by atoms with van der Waals surface area (Å²) in [4.78, 5) is 16.8. The van der Waals surface area contributed by atoms with E-state index in [0.717, 1.165) is 18.5 Å². The molecule has 1 unspecified atom stereocenters. The van der Waals surface area contributed by atoms with Crippen molar-refractivity contribution in [3.8, 4) is 0 Å². The molecular formula is C12H18N2O2. The topological polar surface area (TPSA) is 53.4 Å². The van der Waals surface area contributed by atoms with E-state index in [4.69, 9.17) is 5.11 Å². The van der Waals surface area contributed by atoms with E-state index in [1.807, 2.05) is 30.9 Å². The number of carbonyl (C=O) groups is 1. The summed E-state index contributed by atoms with van der Waals surface area (Å²) in [5.41, 5.74) is 1.05. The quantitative estimate of drug-likeness (QED) is 0.799. The van der Waals surface area contributed by atoms with Gasteiger partial charge in [-0.25, -0.2) is 0 Å². The van der Waals surface area contributed by atoms with Gasteiger partial charge in [-0.3, -0.25) is 14.7 Å². The predicted molar refractivity (Wildman–Crippen MR) is 62.2 cm³/mol. The lowest BCUT2D eigenvalue weighted by atomic mass is 10.1. The Balaban J connectivity index is 2.74. The SMILES string of the molecule is CCCN(CC(=O)O)C(C)c1cccnc1. The number of nitrogens with zero attached hydrogens (tertiary/aromatic N) is 2. The second-order valence-corrected chi connectivity index (χ2v) is 3.83. The zero-order valence-electron chi connectivity index (χ0n) is 9.76. The fourth-order valence-corrected chi connectivity index (χ4v) is 1.70. The summed E-state index contributed by atoms with van der Waals surface area (Å²) in [6.07, 6.45) is 4.45. The molecular weight excluding hydrogens is 204 g/mol. The van der Waals surface area contributed by atoms with Gasteiger partial charge in [0.1, 0.15) is 0 Å². The van der Waals surface area contributed by atoms with E-state index in [-0.39, 0.29) is 12.6 Å². The largest absolute Gasteiger partial charge is 0.480 e. The molecule has 1 rings (SSSR count). The molecule has 0 aliphatic rings. The second-order valence-electron chi connectivity index (χ2n) is 3.83. The molecule has 0 radical (unpaired) electrons. The van der Waals surface area contributed by atoms with Crippen molar-refractivity contribution in [2.24, 2.45) is 0 Å². The first-order chi connectivity index (χ1) is 7.65. The lowest BCUT2D eigenvalue weighted by molar-refractivity contribution is -0.138. The zero-order chi connectivity index (χ0) is 12.0. The number of pyridine rings is 1. The second kappa shape index (κ2) is 6.23. The van der Waals surface area contributed by atoms with Crippen molar-refractivity contribution >= 4 is 5.97 Å². The highest BCUT2D eigenvalue weighted by Gasteiger charge is 2.17. The Kier molecular flexibility index (Phi) is 4.92. The van der Waals surface area contributed by atoms with Crippen LogP contribution >= 0.6 is 0 Å². The van der Waals surface area contributed by atoms with Crippen LogP contribution in [0.5, 0.6) is 0 Å². The molecule has 4 nitrogen and oxygen atoms in total. The van der Waals surface area contributed by atoms with E-state index in [2.05, 4.69) is 4.98 Å². The zero-order valence-corrected chi connectivity index (χ0v) is 9.76. The molecule has 1 N–H and O–H groups in total. The molecule has 0 saturated heterocycles. The highest BCUT2D eigenvalue weighted by atomic mass is 16.4. The monoisotopic (exact) mass is 222 g/mol. The maximum Gasteiger partial charge on any atom is 0.317 e. The number of carboxylic acids is 1. The summed E-state index contributed by atoms with van der Waals surface area (Å²) >= 11 is 0. The van der Waals surface area contributed by atoms with E-state index in [9.17, 15) is 4.79 Å². The first-order valence-corrected chi connectivity index (χ1v) is 5.51. The molecule has 0 spiro atoms. The van der Waals surface area contributed by atoms with E-state index in [1.54, 1.807) is 12.4 Å². The first kappa shape index (κ1) is 12.6. The van der Waals surface area contributed by atoms with Gasteiger partial charge in [0.15, 0.2) is 0 Å². The van der Waals surface area contributed by atoms with Crippen LogP contribution in [0.25, 0.3) is 0 Å². The minimum atomic E-state index is -0.788. The average Bonchev–Trinajstić information content (AvgIpc) is 2.28. The molecule has 4 heteroatoms. The lowest BCUT2D eigenvalue weighted by Crippen LogP contribution is -2.33. The van der Waals surface area contributed by atoms with Crippen LogP contribution in [-0.2, 0) is 4.79 Å². The van der Waals surface area contributed by atoms with Crippen molar-refractivity contribution in [3.05, 3.63) is 30.1 Å². The molecule has 88 valence electrons. The van der Waals surface area contributed by atoms with Crippen molar-refractivity contribution in [1.29, 1.82) is 0 Å². The van der Waals surface area contributed by atoms with Gasteiger partial charge in [-0.05, 0) is 31.5 Å². The van der Waals surface area contributed by atoms with E-state index < -0.39 is 5.97 Å². The third kappa shape index (κ3) is 3.62. The Morgan fingerprint density at radius 3 is 2.88 bits per heavy atom. The van der Waals surface area contributed by atoms with Gasteiger partial charge in [0.2, 0.25) is 0 Å². The minimum Gasteiger partial charge on any atom is -0.480 e. The molecule has 0 bridgehead atoms. The maximum absolute atomic E-state index is 10.8. The van der Waals surface area contributed by atoms with Gasteiger partial charge in [0.25, 0.3) is 0 Å². The number of rotatable bonds is 6. The highest BCUT2D eigenvalue weighted by molar-refractivity contribution is 5.69. The third-order valence-corrected chi connectivity index (χ3v) is 2.56. The molecule has 0 saturated carbocycles. The minimum absolute atomic E-state index is 0.0733. The van der Waals surface area contributed by atoms with Gasteiger partial charge in [0, 0.05) is 18.4 Å². The number of aromatic nitrogens is 1. The summed E-state index contributed by atoms with van der Waals surface area (Å²) < 4.78 is 0. The summed E-state index contributed by atoms with van der Waals surface area (Å²) in [7, 11) is 0. The van der Waals surface area contributed by atoms with Gasteiger partial charge in [-0.15, -0.1) is 0 Å². The van der Waals surface area contributed by atoms with Gasteiger partial charge >= 0.3 is 5.97 Å². The molecule has 1 aromatic heterocycles. The molecule has 1 heterocycles. The molecule has 0 aliphatic carbocycles. The van der Waals surface area contributed by atoms with Crippen molar-refractivity contribution in [2.45, 2.75) is 26.3 Å². The summed E-state index contributed by atoms with van der Waals surface area (Å²) in [5, 5.41) is 8.85. The molecule has 0 aromatic carbocycles. The smallest absolute Gasteiger partial charge is 0.317 e. The number of carboxylic acid groups (broad SMARTS) is 1. The number of hydrogen-bond donors (Lipinski definition) is 1. The lowest BCUT2D eigenvalue weighted by Gasteiger charge is -2.27. The summed E-state index contributed by atoms with van der Waals surface area (Å²) in [5.74, 6) is -0.788. The van der Waals surface area contributed by atoms with E-state index in [0.29, 0.717) is 0 Å². The van der Waals surface area contributed by atoms with Crippen molar-refractivity contribution in [3.63, 3.8) is 0 Å². The molecule has 1 aromatic rings. The average molecular weight is 222 g/mol. The van der Waals surface area contributed by atoms with Crippen LogP contribution in [0.4, 0.5) is 0 Å². The van der Waals surface area contributed by atoms with Crippen LogP contribution in [0, 0.1) is 0 Å². The normalized spacial score (nSPS) is 12.7. The first-order valence-electron chi connectivity index (χ1n) is 5.51. The van der Waals surface area contributed by atoms with Crippen molar-refractivity contribution in [1.82, 2.24) is 9.88 Å². The number of aliphatic carboxylic acids is 1. The summed E-state index contributed by atoms with van der Waals surface area (Å²) in [6, 6.07) is 3.93. The molecule has 0 amide bonds. The Hall–Kier alpha value is -1.42. The Morgan fingerprint density at radius 1 is 1.62 bits per heavy atom. The Morgan fingerprint density at radius 2 is 2.38 bits per heavy atom. The van der Waals surface area contributed by atoms with Crippen LogP contribution in [-0.4, -0.2) is 34.0 Å². The molecule has 1 atom stereocenters. The standard InChI is InChI=1S/C12H18N2O2/c1-3-7-14(9-12(15)16)10(2)11-5-4-6-13-8-11/h4-6,8,10H,3,7,9H2,1-2H3,(H,15,16).